The van der Waals surface area contributed by atoms with Gasteiger partial charge in [0.2, 0.25) is 0 Å². The van der Waals surface area contributed by atoms with Crippen LogP contribution in [-0.2, 0) is 0 Å². The predicted molar refractivity (Wildman–Crippen MR) is 74.9 cm³/mol. The molecule has 4 nitrogen and oxygen atoms in total. The molecule has 18 heavy (non-hydrogen) atoms. The van der Waals surface area contributed by atoms with Crippen LogP contribution in [-0.4, -0.2) is 16.7 Å². The Kier molecular flexibility index (Phi) is 3.36. The number of nitrogens with zero attached hydrogens (tertiary/aromatic N) is 1. The number of fused-ring (bicyclic) bond motifs is 1. The second kappa shape index (κ2) is 4.80. The molecule has 4 heteroatoms. The van der Waals surface area contributed by atoms with Crippen molar-refractivity contribution in [3.8, 4) is 0 Å². The molecule has 0 bridgehead atoms. The molecule has 0 saturated carbocycles. The second-order valence-corrected chi connectivity index (χ2v) is 5.32. The highest BCUT2D eigenvalue weighted by Gasteiger charge is 2.15. The van der Waals surface area contributed by atoms with Gasteiger partial charge in [-0.15, -0.1) is 0 Å². The first-order valence-electron chi connectivity index (χ1n) is 6.25. The van der Waals surface area contributed by atoms with Gasteiger partial charge in [0.25, 0.3) is 5.56 Å². The standard InChI is InChI=1S/C14H19N3O/c1-4-14(2,3)9-15-12-10-7-5-6-8-11(10)13(18)17-16-12/h5-8H,4,9H2,1-3H3,(H,15,16)(H,17,18). The minimum Gasteiger partial charge on any atom is -0.368 e. The van der Waals surface area contributed by atoms with Crippen LogP contribution in [0.25, 0.3) is 10.8 Å². The van der Waals surface area contributed by atoms with Crippen LogP contribution in [0.1, 0.15) is 27.2 Å². The first-order valence-corrected chi connectivity index (χ1v) is 6.25. The van der Waals surface area contributed by atoms with Crippen molar-refractivity contribution in [3.05, 3.63) is 34.6 Å². The monoisotopic (exact) mass is 245 g/mol. The van der Waals surface area contributed by atoms with E-state index in [1.54, 1.807) is 0 Å². The molecule has 1 aromatic carbocycles. The summed E-state index contributed by atoms with van der Waals surface area (Å²) in [5, 5.41) is 11.5. The van der Waals surface area contributed by atoms with Gasteiger partial charge in [-0.25, -0.2) is 5.10 Å². The second-order valence-electron chi connectivity index (χ2n) is 5.32. The Balaban J connectivity index is 2.35. The maximum Gasteiger partial charge on any atom is 0.272 e. The lowest BCUT2D eigenvalue weighted by atomic mass is 9.90. The van der Waals surface area contributed by atoms with E-state index in [-0.39, 0.29) is 11.0 Å². The van der Waals surface area contributed by atoms with E-state index in [0.717, 1.165) is 24.2 Å². The average Bonchev–Trinajstić information content (AvgIpc) is 2.38. The Labute approximate surface area is 106 Å². The van der Waals surface area contributed by atoms with Crippen molar-refractivity contribution in [2.24, 2.45) is 5.41 Å². The molecule has 1 aromatic heterocycles. The third-order valence-electron chi connectivity index (χ3n) is 3.39. The fraction of sp³-hybridized carbons (Fsp3) is 0.429. The number of benzene rings is 1. The van der Waals surface area contributed by atoms with Crippen molar-refractivity contribution < 1.29 is 0 Å². The Hall–Kier alpha value is -1.84. The molecule has 0 atom stereocenters. The molecule has 0 aliphatic rings. The number of anilines is 1. The minimum atomic E-state index is -0.147. The van der Waals surface area contributed by atoms with Crippen LogP contribution in [0.5, 0.6) is 0 Å². The fourth-order valence-electron chi connectivity index (χ4n) is 1.70. The third kappa shape index (κ3) is 2.53. The lowest BCUT2D eigenvalue weighted by Gasteiger charge is -2.23. The maximum absolute atomic E-state index is 11.6. The highest BCUT2D eigenvalue weighted by molar-refractivity contribution is 5.90. The zero-order valence-corrected chi connectivity index (χ0v) is 11.1. The van der Waals surface area contributed by atoms with Crippen LogP contribution >= 0.6 is 0 Å². The average molecular weight is 245 g/mol. The topological polar surface area (TPSA) is 57.8 Å². The summed E-state index contributed by atoms with van der Waals surface area (Å²) in [5.74, 6) is 0.742. The molecule has 0 unspecified atom stereocenters. The molecule has 2 aromatic rings. The summed E-state index contributed by atoms with van der Waals surface area (Å²) in [6.45, 7) is 7.40. The Morgan fingerprint density at radius 1 is 1.28 bits per heavy atom. The van der Waals surface area contributed by atoms with Crippen LogP contribution in [0.2, 0.25) is 0 Å². The summed E-state index contributed by atoms with van der Waals surface area (Å²) in [4.78, 5) is 11.6. The van der Waals surface area contributed by atoms with Gasteiger partial charge >= 0.3 is 0 Å². The van der Waals surface area contributed by atoms with Gasteiger partial charge in [-0.2, -0.15) is 5.10 Å². The Morgan fingerprint density at radius 2 is 1.94 bits per heavy atom. The molecular weight excluding hydrogens is 226 g/mol. The summed E-state index contributed by atoms with van der Waals surface area (Å²) in [7, 11) is 0. The Morgan fingerprint density at radius 3 is 2.61 bits per heavy atom. The van der Waals surface area contributed by atoms with E-state index in [9.17, 15) is 4.79 Å². The van der Waals surface area contributed by atoms with Crippen molar-refractivity contribution >= 4 is 16.6 Å². The van der Waals surface area contributed by atoms with Gasteiger partial charge in [0.15, 0.2) is 5.82 Å². The van der Waals surface area contributed by atoms with Crippen molar-refractivity contribution in [3.63, 3.8) is 0 Å². The van der Waals surface area contributed by atoms with Crippen molar-refractivity contribution in [2.75, 3.05) is 11.9 Å². The predicted octanol–water partition coefficient (Wildman–Crippen LogP) is 2.77. The molecule has 0 fully saturated rings. The number of aromatic nitrogens is 2. The zero-order valence-electron chi connectivity index (χ0n) is 11.1. The van der Waals surface area contributed by atoms with Gasteiger partial charge in [0, 0.05) is 11.9 Å². The van der Waals surface area contributed by atoms with E-state index >= 15 is 0 Å². The highest BCUT2D eigenvalue weighted by atomic mass is 16.1. The van der Waals surface area contributed by atoms with Crippen LogP contribution in [0.3, 0.4) is 0 Å². The smallest absolute Gasteiger partial charge is 0.272 e. The van der Waals surface area contributed by atoms with E-state index < -0.39 is 0 Å². The normalized spacial score (nSPS) is 11.7. The first-order chi connectivity index (χ1) is 8.53. The van der Waals surface area contributed by atoms with Gasteiger partial charge in [0.1, 0.15) is 0 Å². The number of hydrogen-bond acceptors (Lipinski definition) is 3. The summed E-state index contributed by atoms with van der Waals surface area (Å²) >= 11 is 0. The molecule has 0 radical (unpaired) electrons. The van der Waals surface area contributed by atoms with Crippen molar-refractivity contribution in [2.45, 2.75) is 27.2 Å². The van der Waals surface area contributed by atoms with Crippen molar-refractivity contribution in [1.82, 2.24) is 10.2 Å². The van der Waals surface area contributed by atoms with E-state index in [4.69, 9.17) is 0 Å². The van der Waals surface area contributed by atoms with Gasteiger partial charge < -0.3 is 5.32 Å². The molecular formula is C14H19N3O. The van der Waals surface area contributed by atoms with Crippen LogP contribution < -0.4 is 10.9 Å². The fourth-order valence-corrected chi connectivity index (χ4v) is 1.70. The van der Waals surface area contributed by atoms with E-state index in [2.05, 4.69) is 36.3 Å². The first kappa shape index (κ1) is 12.6. The number of nitrogens with one attached hydrogen (secondary N) is 2. The minimum absolute atomic E-state index is 0.147. The molecule has 2 rings (SSSR count). The van der Waals surface area contributed by atoms with Gasteiger partial charge in [-0.3, -0.25) is 4.79 Å². The molecule has 0 saturated heterocycles. The summed E-state index contributed by atoms with van der Waals surface area (Å²) in [6, 6.07) is 7.50. The molecule has 0 aliphatic heterocycles. The highest BCUT2D eigenvalue weighted by Crippen LogP contribution is 2.22. The number of aromatic amines is 1. The largest absolute Gasteiger partial charge is 0.368 e. The number of hydrogen-bond donors (Lipinski definition) is 2. The van der Waals surface area contributed by atoms with Crippen LogP contribution in [0.15, 0.2) is 29.1 Å². The molecule has 2 N–H and O–H groups in total. The number of rotatable bonds is 4. The lowest BCUT2D eigenvalue weighted by molar-refractivity contribution is 0.376. The third-order valence-corrected chi connectivity index (χ3v) is 3.39. The summed E-state index contributed by atoms with van der Waals surface area (Å²) < 4.78 is 0. The van der Waals surface area contributed by atoms with Crippen LogP contribution in [0.4, 0.5) is 5.82 Å². The molecule has 1 heterocycles. The van der Waals surface area contributed by atoms with E-state index in [1.807, 2.05) is 24.3 Å². The van der Waals surface area contributed by atoms with Crippen LogP contribution in [0, 0.1) is 5.41 Å². The van der Waals surface area contributed by atoms with Crippen molar-refractivity contribution in [1.29, 1.82) is 0 Å². The Bertz CT molecular complexity index is 601. The lowest BCUT2D eigenvalue weighted by Crippen LogP contribution is -2.23. The van der Waals surface area contributed by atoms with Gasteiger partial charge in [0.05, 0.1) is 5.39 Å². The van der Waals surface area contributed by atoms with Gasteiger partial charge in [-0.1, -0.05) is 39.0 Å². The molecule has 0 amide bonds. The molecule has 96 valence electrons. The summed E-state index contributed by atoms with van der Waals surface area (Å²) in [6.07, 6.45) is 1.08. The SMILES string of the molecule is CCC(C)(C)CNc1n[nH]c(=O)c2ccccc12. The molecule has 0 spiro atoms. The van der Waals surface area contributed by atoms with E-state index in [0.29, 0.717) is 5.39 Å². The molecule has 0 aliphatic carbocycles. The maximum atomic E-state index is 11.6. The summed E-state index contributed by atoms with van der Waals surface area (Å²) in [5.41, 5.74) is 0.0599. The zero-order chi connectivity index (χ0) is 13.2. The van der Waals surface area contributed by atoms with E-state index in [1.165, 1.54) is 0 Å². The quantitative estimate of drug-likeness (QED) is 0.870. The number of H-pyrrole nitrogens is 1. The van der Waals surface area contributed by atoms with Gasteiger partial charge in [-0.05, 0) is 17.9 Å².